The average molecular weight is 443 g/mol. The zero-order valence-corrected chi connectivity index (χ0v) is 17.8. The van der Waals surface area contributed by atoms with Crippen LogP contribution in [0.2, 0.25) is 0 Å². The number of benzene rings is 3. The molecule has 0 unspecified atom stereocenters. The summed E-state index contributed by atoms with van der Waals surface area (Å²) >= 11 is 0.993. The number of rotatable bonds is 4. The number of fused-ring (bicyclic) bond motifs is 3. The van der Waals surface area contributed by atoms with Crippen molar-refractivity contribution in [2.45, 2.75) is 9.79 Å². The Morgan fingerprint density at radius 2 is 1.59 bits per heavy atom. The quantitative estimate of drug-likeness (QED) is 0.395. The molecule has 0 atom stereocenters. The number of para-hydroxylation sites is 3. The molecule has 5 rings (SSSR count). The van der Waals surface area contributed by atoms with E-state index in [2.05, 4.69) is 0 Å². The van der Waals surface area contributed by atoms with Crippen molar-refractivity contribution in [2.24, 2.45) is 0 Å². The van der Waals surface area contributed by atoms with Crippen LogP contribution in [0.3, 0.4) is 0 Å². The van der Waals surface area contributed by atoms with E-state index in [4.69, 9.17) is 9.15 Å². The molecule has 0 saturated heterocycles. The Labute approximate surface area is 186 Å². The van der Waals surface area contributed by atoms with Crippen LogP contribution in [0.1, 0.15) is 0 Å². The fourth-order valence-corrected chi connectivity index (χ4v) is 4.66. The van der Waals surface area contributed by atoms with Crippen molar-refractivity contribution in [1.82, 2.24) is 4.57 Å². The van der Waals surface area contributed by atoms with E-state index >= 15 is 0 Å². The number of nitrogens with zero attached hydrogens (tertiary/aromatic N) is 1. The Bertz CT molecular complexity index is 1590. The zero-order chi connectivity index (χ0) is 22.2. The highest BCUT2D eigenvalue weighted by atomic mass is 32.2. The van der Waals surface area contributed by atoms with Crippen LogP contribution in [0.15, 0.2) is 103 Å². The summed E-state index contributed by atoms with van der Waals surface area (Å²) in [5.74, 6) is 0.129. The van der Waals surface area contributed by atoms with Crippen molar-refractivity contribution in [3.63, 3.8) is 0 Å². The van der Waals surface area contributed by atoms with Gasteiger partial charge in [-0.1, -0.05) is 54.2 Å². The summed E-state index contributed by atoms with van der Waals surface area (Å²) in [6.45, 7) is 0. The minimum atomic E-state index is -0.729. The van der Waals surface area contributed by atoms with E-state index in [0.717, 1.165) is 11.8 Å². The van der Waals surface area contributed by atoms with E-state index in [-0.39, 0.29) is 15.9 Å². The molecular weight excluding hydrogens is 426 g/mol. The first kappa shape index (κ1) is 20.0. The monoisotopic (exact) mass is 443 g/mol. The number of pyridine rings is 1. The second-order valence-electron chi connectivity index (χ2n) is 7.02. The normalized spacial score (nSPS) is 11.2. The Kier molecular flexibility index (Phi) is 4.95. The van der Waals surface area contributed by atoms with Gasteiger partial charge in [0.1, 0.15) is 16.0 Å². The van der Waals surface area contributed by atoms with Gasteiger partial charge in [0, 0.05) is 11.1 Å². The number of aromatic nitrogens is 1. The molecule has 0 radical (unpaired) electrons. The van der Waals surface area contributed by atoms with Gasteiger partial charge in [0.25, 0.3) is 5.56 Å². The van der Waals surface area contributed by atoms with Gasteiger partial charge in [-0.25, -0.2) is 4.79 Å². The van der Waals surface area contributed by atoms with Crippen molar-refractivity contribution < 1.29 is 14.3 Å². The topological polar surface area (TPSA) is 81.7 Å². The lowest BCUT2D eigenvalue weighted by Gasteiger charge is -2.14. The first-order valence-electron chi connectivity index (χ1n) is 9.80. The van der Waals surface area contributed by atoms with Crippen LogP contribution < -0.4 is 15.9 Å². The highest BCUT2D eigenvalue weighted by molar-refractivity contribution is 7.99. The maximum Gasteiger partial charge on any atom is 0.354 e. The minimum absolute atomic E-state index is 0.0513. The van der Waals surface area contributed by atoms with Gasteiger partial charge < -0.3 is 14.3 Å². The second kappa shape index (κ2) is 7.94. The standard InChI is InChI=1S/C25H17NO5S/c1-30-18-13-7-8-14-19(18)32-23-21(27)20-22(31-25(23)29)16-11-5-6-12-17(16)26(24(20)28)15-9-3-2-4-10-15/h2-14,27H,1H3. The lowest BCUT2D eigenvalue weighted by molar-refractivity contribution is 0.404. The van der Waals surface area contributed by atoms with Crippen molar-refractivity contribution in [3.8, 4) is 17.2 Å². The van der Waals surface area contributed by atoms with E-state index < -0.39 is 16.9 Å². The highest BCUT2D eigenvalue weighted by Gasteiger charge is 2.23. The second-order valence-corrected chi connectivity index (χ2v) is 8.07. The fraction of sp³-hybridized carbons (Fsp3) is 0.0400. The van der Waals surface area contributed by atoms with Crippen LogP contribution in [0.4, 0.5) is 0 Å². The molecule has 0 fully saturated rings. The molecular formula is C25H17NO5S. The third-order valence-electron chi connectivity index (χ3n) is 5.16. The van der Waals surface area contributed by atoms with Gasteiger partial charge in [-0.3, -0.25) is 9.36 Å². The predicted octanol–water partition coefficient (Wildman–Crippen LogP) is 4.96. The lowest BCUT2D eigenvalue weighted by atomic mass is 10.1. The molecule has 32 heavy (non-hydrogen) atoms. The molecule has 2 heterocycles. The van der Waals surface area contributed by atoms with Crippen LogP contribution in [0.5, 0.6) is 11.5 Å². The number of ether oxygens (including phenoxy) is 1. The molecule has 2 aromatic heterocycles. The first-order chi connectivity index (χ1) is 15.6. The lowest BCUT2D eigenvalue weighted by Crippen LogP contribution is -2.20. The Morgan fingerprint density at radius 1 is 0.906 bits per heavy atom. The molecule has 0 bridgehead atoms. The fourth-order valence-electron chi connectivity index (χ4n) is 3.71. The van der Waals surface area contributed by atoms with E-state index in [1.54, 1.807) is 60.7 Å². The molecule has 0 saturated carbocycles. The summed E-state index contributed by atoms with van der Waals surface area (Å²) in [5.41, 5.74) is 0.0645. The Morgan fingerprint density at radius 3 is 2.38 bits per heavy atom. The van der Waals surface area contributed by atoms with Gasteiger partial charge in [-0.05, 0) is 36.4 Å². The number of methoxy groups -OCH3 is 1. The SMILES string of the molecule is COc1ccccc1Sc1c(O)c2c(=O)n(-c3ccccc3)c3ccccc3c2oc1=O. The summed E-state index contributed by atoms with van der Waals surface area (Å²) in [4.78, 5) is 27.0. The maximum absolute atomic E-state index is 13.6. The molecule has 1 N–H and O–H groups in total. The van der Waals surface area contributed by atoms with Gasteiger partial charge in [0.15, 0.2) is 11.3 Å². The average Bonchev–Trinajstić information content (AvgIpc) is 2.82. The molecule has 5 aromatic rings. The molecule has 3 aromatic carbocycles. The van der Waals surface area contributed by atoms with Crippen LogP contribution in [0.25, 0.3) is 27.6 Å². The molecule has 6 nitrogen and oxygen atoms in total. The van der Waals surface area contributed by atoms with Gasteiger partial charge in [0.2, 0.25) is 0 Å². The van der Waals surface area contributed by atoms with Gasteiger partial charge in [0.05, 0.1) is 17.5 Å². The third-order valence-corrected chi connectivity index (χ3v) is 6.28. The molecule has 7 heteroatoms. The van der Waals surface area contributed by atoms with Crippen LogP contribution in [0, 0.1) is 0 Å². The molecule has 0 aliphatic heterocycles. The Balaban J connectivity index is 1.86. The molecule has 0 spiro atoms. The highest BCUT2D eigenvalue weighted by Crippen LogP contribution is 2.40. The molecule has 0 amide bonds. The first-order valence-corrected chi connectivity index (χ1v) is 10.6. The zero-order valence-electron chi connectivity index (χ0n) is 16.9. The van der Waals surface area contributed by atoms with Gasteiger partial charge in [-0.15, -0.1) is 0 Å². The Hall–Kier alpha value is -3.97. The van der Waals surface area contributed by atoms with E-state index in [9.17, 15) is 14.7 Å². The maximum atomic E-state index is 13.6. The summed E-state index contributed by atoms with van der Waals surface area (Å²) in [7, 11) is 1.52. The van der Waals surface area contributed by atoms with Crippen molar-refractivity contribution in [2.75, 3.05) is 7.11 Å². The number of hydrogen-bond donors (Lipinski definition) is 1. The molecule has 0 aliphatic carbocycles. The smallest absolute Gasteiger partial charge is 0.354 e. The van der Waals surface area contributed by atoms with E-state index in [1.807, 2.05) is 18.2 Å². The molecule has 158 valence electrons. The third kappa shape index (κ3) is 3.14. The van der Waals surface area contributed by atoms with E-state index in [0.29, 0.717) is 27.2 Å². The van der Waals surface area contributed by atoms with Crippen molar-refractivity contribution in [1.29, 1.82) is 0 Å². The summed E-state index contributed by atoms with van der Waals surface area (Å²) in [6, 6.07) is 23.3. The van der Waals surface area contributed by atoms with Crippen LogP contribution in [-0.2, 0) is 0 Å². The van der Waals surface area contributed by atoms with E-state index in [1.165, 1.54) is 11.7 Å². The molecule has 0 aliphatic rings. The summed E-state index contributed by atoms with van der Waals surface area (Å²) in [6.07, 6.45) is 0. The largest absolute Gasteiger partial charge is 0.505 e. The van der Waals surface area contributed by atoms with Crippen molar-refractivity contribution in [3.05, 3.63) is 99.6 Å². The summed E-state index contributed by atoms with van der Waals surface area (Å²) < 4.78 is 12.5. The van der Waals surface area contributed by atoms with Crippen molar-refractivity contribution >= 4 is 33.6 Å². The van der Waals surface area contributed by atoms with Gasteiger partial charge in [-0.2, -0.15) is 0 Å². The number of hydrogen-bond acceptors (Lipinski definition) is 6. The van der Waals surface area contributed by atoms with Crippen LogP contribution in [-0.4, -0.2) is 16.8 Å². The predicted molar refractivity (Wildman–Crippen MR) is 124 cm³/mol. The summed E-state index contributed by atoms with van der Waals surface area (Å²) in [5, 5.41) is 11.6. The van der Waals surface area contributed by atoms with Crippen LogP contribution >= 0.6 is 11.8 Å². The van der Waals surface area contributed by atoms with Gasteiger partial charge >= 0.3 is 5.63 Å². The number of aromatic hydroxyl groups is 1. The minimum Gasteiger partial charge on any atom is -0.505 e.